The zero-order valence-corrected chi connectivity index (χ0v) is 22.4. The molecule has 1 aromatic carbocycles. The summed E-state index contributed by atoms with van der Waals surface area (Å²) in [5, 5.41) is 16.8. The summed E-state index contributed by atoms with van der Waals surface area (Å²) < 4.78 is 13.1. The molecule has 9 heteroatoms. The molecule has 206 valence electrons. The number of hydrogen-bond donors (Lipinski definition) is 3. The van der Waals surface area contributed by atoms with Gasteiger partial charge in [-0.15, -0.1) is 0 Å². The number of carbonyl (C=O) groups excluding carboxylic acids is 3. The van der Waals surface area contributed by atoms with Crippen molar-refractivity contribution in [3.05, 3.63) is 35.6 Å². The number of amides is 3. The molecule has 1 saturated carbocycles. The molecule has 2 aliphatic rings. The topological polar surface area (TPSA) is 102 Å². The van der Waals surface area contributed by atoms with Crippen LogP contribution < -0.4 is 10.6 Å². The third-order valence-corrected chi connectivity index (χ3v) is 7.71. The first-order chi connectivity index (χ1) is 17.6. The van der Waals surface area contributed by atoms with Crippen LogP contribution in [-0.2, 0) is 20.9 Å². The van der Waals surface area contributed by atoms with Gasteiger partial charge in [0.1, 0.15) is 11.9 Å². The summed E-state index contributed by atoms with van der Waals surface area (Å²) >= 11 is 0. The lowest BCUT2D eigenvalue weighted by Crippen LogP contribution is -2.58. The van der Waals surface area contributed by atoms with Crippen LogP contribution in [0.1, 0.15) is 71.3 Å². The van der Waals surface area contributed by atoms with Gasteiger partial charge in [0.15, 0.2) is 0 Å². The van der Waals surface area contributed by atoms with E-state index in [1.165, 1.54) is 12.1 Å². The average Bonchev–Trinajstić information content (AvgIpc) is 3.38. The summed E-state index contributed by atoms with van der Waals surface area (Å²) in [6.45, 7) is 7.53. The molecule has 3 N–H and O–H groups in total. The van der Waals surface area contributed by atoms with E-state index in [4.69, 9.17) is 0 Å². The van der Waals surface area contributed by atoms with Gasteiger partial charge in [-0.1, -0.05) is 58.6 Å². The standard InChI is InChI=1S/C28H43FN4O4/c1-28(2,3)25(31-26(35)22(18-33(37)19-34)16-20-6-4-5-7-20)27(36)32-14-12-24(13-15-32)30-17-21-8-10-23(29)11-9-21/h8-11,19-20,22,24-25,30,37H,4-7,12-18H2,1-3H3,(H,31,35)/t22-,25-/m1/s1. The molecule has 0 aromatic heterocycles. The highest BCUT2D eigenvalue weighted by atomic mass is 19.1. The van der Waals surface area contributed by atoms with Crippen molar-refractivity contribution in [2.45, 2.75) is 84.3 Å². The van der Waals surface area contributed by atoms with E-state index in [2.05, 4.69) is 10.6 Å². The molecule has 1 heterocycles. The maximum atomic E-state index is 13.6. The van der Waals surface area contributed by atoms with Crippen LogP contribution in [-0.4, -0.2) is 65.1 Å². The number of hydroxylamine groups is 2. The van der Waals surface area contributed by atoms with Gasteiger partial charge in [-0.3, -0.25) is 19.6 Å². The minimum Gasteiger partial charge on any atom is -0.344 e. The maximum Gasteiger partial charge on any atom is 0.245 e. The Morgan fingerprint density at radius 1 is 1.14 bits per heavy atom. The van der Waals surface area contributed by atoms with Crippen molar-refractivity contribution in [3.63, 3.8) is 0 Å². The smallest absolute Gasteiger partial charge is 0.245 e. The van der Waals surface area contributed by atoms with Crippen LogP contribution in [0.25, 0.3) is 0 Å². The Morgan fingerprint density at radius 3 is 2.32 bits per heavy atom. The van der Waals surface area contributed by atoms with Gasteiger partial charge >= 0.3 is 0 Å². The molecule has 1 aliphatic heterocycles. The third kappa shape index (κ3) is 8.78. The van der Waals surface area contributed by atoms with E-state index in [1.807, 2.05) is 25.7 Å². The van der Waals surface area contributed by atoms with Crippen molar-refractivity contribution in [2.24, 2.45) is 17.3 Å². The van der Waals surface area contributed by atoms with Crippen LogP contribution in [0.4, 0.5) is 4.39 Å². The Bertz CT molecular complexity index is 890. The van der Waals surface area contributed by atoms with E-state index in [1.54, 1.807) is 12.1 Å². The highest BCUT2D eigenvalue weighted by Crippen LogP contribution is 2.31. The lowest BCUT2D eigenvalue weighted by molar-refractivity contribution is -0.156. The molecule has 2 fully saturated rings. The molecule has 8 nitrogen and oxygen atoms in total. The monoisotopic (exact) mass is 518 g/mol. The van der Waals surface area contributed by atoms with Crippen molar-refractivity contribution in [1.29, 1.82) is 0 Å². The Kier molecular flexibility index (Phi) is 10.5. The quantitative estimate of drug-likeness (QED) is 0.237. The summed E-state index contributed by atoms with van der Waals surface area (Å²) in [5.74, 6) is -0.831. The van der Waals surface area contributed by atoms with Gasteiger partial charge in [-0.25, -0.2) is 9.45 Å². The van der Waals surface area contributed by atoms with Crippen molar-refractivity contribution < 1.29 is 24.0 Å². The SMILES string of the molecule is CC(C)(C)[C@H](NC(=O)[C@H](CC1CCCC1)CN(O)C=O)C(=O)N1CCC(NCc2ccc(F)cc2)CC1. The van der Waals surface area contributed by atoms with Gasteiger partial charge in [0, 0.05) is 25.7 Å². The number of likely N-dealkylation sites (tertiary alicyclic amines) is 1. The third-order valence-electron chi connectivity index (χ3n) is 7.71. The fourth-order valence-corrected chi connectivity index (χ4v) is 5.44. The second kappa shape index (κ2) is 13.3. The molecule has 2 atom stereocenters. The van der Waals surface area contributed by atoms with Gasteiger partial charge in [0.25, 0.3) is 0 Å². The second-order valence-corrected chi connectivity index (χ2v) is 11.7. The summed E-state index contributed by atoms with van der Waals surface area (Å²) in [6, 6.07) is 5.98. The number of hydrogen-bond acceptors (Lipinski definition) is 5. The molecule has 37 heavy (non-hydrogen) atoms. The van der Waals surface area contributed by atoms with Crippen molar-refractivity contribution in [3.8, 4) is 0 Å². The first-order valence-corrected chi connectivity index (χ1v) is 13.5. The van der Waals surface area contributed by atoms with Crippen LogP contribution in [0, 0.1) is 23.1 Å². The molecule has 1 aromatic rings. The average molecular weight is 519 g/mol. The molecule has 1 aliphatic carbocycles. The number of rotatable bonds is 11. The number of nitrogens with one attached hydrogen (secondary N) is 2. The molecule has 0 spiro atoms. The molecular weight excluding hydrogens is 475 g/mol. The summed E-state index contributed by atoms with van der Waals surface area (Å²) in [4.78, 5) is 39.8. The van der Waals surface area contributed by atoms with Crippen molar-refractivity contribution in [2.75, 3.05) is 19.6 Å². The van der Waals surface area contributed by atoms with Gasteiger partial charge in [-0.05, 0) is 48.3 Å². The highest BCUT2D eigenvalue weighted by molar-refractivity contribution is 5.89. The summed E-state index contributed by atoms with van der Waals surface area (Å²) in [5.41, 5.74) is 0.505. The fraction of sp³-hybridized carbons (Fsp3) is 0.679. The van der Waals surface area contributed by atoms with E-state index < -0.39 is 17.4 Å². The molecule has 3 amide bonds. The van der Waals surface area contributed by atoms with E-state index in [0.29, 0.717) is 43.4 Å². The Hall–Kier alpha value is -2.52. The summed E-state index contributed by atoms with van der Waals surface area (Å²) in [6.07, 6.45) is 6.84. The van der Waals surface area contributed by atoms with Crippen LogP contribution in [0.5, 0.6) is 0 Å². The molecular formula is C28H43FN4O4. The van der Waals surface area contributed by atoms with E-state index in [9.17, 15) is 24.0 Å². The maximum absolute atomic E-state index is 13.6. The minimum absolute atomic E-state index is 0.0813. The number of benzene rings is 1. The number of halogens is 1. The molecule has 0 radical (unpaired) electrons. The number of piperidine rings is 1. The molecule has 3 rings (SSSR count). The first kappa shape index (κ1) is 29.0. The zero-order valence-electron chi connectivity index (χ0n) is 22.4. The molecule has 1 saturated heterocycles. The number of nitrogens with zero attached hydrogens (tertiary/aromatic N) is 2. The van der Waals surface area contributed by atoms with Gasteiger partial charge < -0.3 is 15.5 Å². The van der Waals surface area contributed by atoms with Crippen LogP contribution in [0.2, 0.25) is 0 Å². The van der Waals surface area contributed by atoms with E-state index in [0.717, 1.165) is 44.1 Å². The summed E-state index contributed by atoms with van der Waals surface area (Å²) in [7, 11) is 0. The van der Waals surface area contributed by atoms with Gasteiger partial charge in [-0.2, -0.15) is 0 Å². The highest BCUT2D eigenvalue weighted by Gasteiger charge is 2.38. The van der Waals surface area contributed by atoms with E-state index in [-0.39, 0.29) is 30.2 Å². The van der Waals surface area contributed by atoms with E-state index >= 15 is 0 Å². The predicted molar refractivity (Wildman–Crippen MR) is 139 cm³/mol. The number of carbonyl (C=O) groups is 3. The van der Waals surface area contributed by atoms with Gasteiger partial charge in [0.2, 0.25) is 18.2 Å². The van der Waals surface area contributed by atoms with Crippen molar-refractivity contribution >= 4 is 18.2 Å². The van der Waals surface area contributed by atoms with Crippen molar-refractivity contribution in [1.82, 2.24) is 20.6 Å². The van der Waals surface area contributed by atoms with Crippen LogP contribution in [0.3, 0.4) is 0 Å². The lowest BCUT2D eigenvalue weighted by Gasteiger charge is -2.39. The van der Waals surface area contributed by atoms with Gasteiger partial charge in [0.05, 0.1) is 12.5 Å². The predicted octanol–water partition coefficient (Wildman–Crippen LogP) is 3.48. The Labute approximate surface area is 219 Å². The first-order valence-electron chi connectivity index (χ1n) is 13.5. The normalized spacial score (nSPS) is 18.9. The largest absolute Gasteiger partial charge is 0.344 e. The van der Waals surface area contributed by atoms with Crippen LogP contribution in [0.15, 0.2) is 24.3 Å². The molecule has 0 bridgehead atoms. The molecule has 0 unspecified atom stereocenters. The second-order valence-electron chi connectivity index (χ2n) is 11.7. The Balaban J connectivity index is 1.57. The zero-order chi connectivity index (χ0) is 27.0. The van der Waals surface area contributed by atoms with Crippen LogP contribution >= 0.6 is 0 Å². The lowest BCUT2D eigenvalue weighted by atomic mass is 9.84. The minimum atomic E-state index is -0.710. The fourth-order valence-electron chi connectivity index (χ4n) is 5.44. The Morgan fingerprint density at radius 2 is 1.76 bits per heavy atom.